The molecular formula is C21H21FN4O6S. The fraction of sp³-hybridized carbons (Fsp3) is 0.333. The van der Waals surface area contributed by atoms with Crippen LogP contribution in [0.2, 0.25) is 0 Å². The van der Waals surface area contributed by atoms with Gasteiger partial charge >= 0.3 is 0 Å². The molecule has 12 heteroatoms. The monoisotopic (exact) mass is 476 g/mol. The molecule has 4 N–H and O–H groups in total. The number of aryl methyl sites for hydroxylation is 1. The van der Waals surface area contributed by atoms with E-state index in [0.29, 0.717) is 0 Å². The topological polar surface area (TPSA) is 154 Å². The van der Waals surface area contributed by atoms with E-state index in [-0.39, 0.29) is 34.2 Å². The van der Waals surface area contributed by atoms with Crippen LogP contribution in [0.25, 0.3) is 0 Å². The van der Waals surface area contributed by atoms with Gasteiger partial charge in [0.1, 0.15) is 35.1 Å². The smallest absolute Gasteiger partial charge is 0.276 e. The second-order valence-corrected chi connectivity index (χ2v) is 9.54. The van der Waals surface area contributed by atoms with Crippen LogP contribution in [0.1, 0.15) is 29.9 Å². The first kappa shape index (κ1) is 24.2. The second kappa shape index (κ2) is 8.84. The maximum Gasteiger partial charge on any atom is 0.276 e. The Balaban J connectivity index is 1.92. The van der Waals surface area contributed by atoms with Gasteiger partial charge in [-0.25, -0.2) is 17.5 Å². The zero-order chi connectivity index (χ0) is 24.6. The lowest BCUT2D eigenvalue weighted by Gasteiger charge is -2.18. The minimum Gasteiger partial charge on any atom is -0.488 e. The van der Waals surface area contributed by atoms with Crippen LogP contribution in [0.4, 0.5) is 10.1 Å². The van der Waals surface area contributed by atoms with Crippen LogP contribution in [0.15, 0.2) is 29.3 Å². The Kier molecular flexibility index (Phi) is 6.49. The van der Waals surface area contributed by atoms with Crippen LogP contribution in [-0.4, -0.2) is 53.5 Å². The predicted molar refractivity (Wildman–Crippen MR) is 114 cm³/mol. The second-order valence-electron chi connectivity index (χ2n) is 7.85. The maximum absolute atomic E-state index is 13.5. The standard InChI is InChI=1S/C21H21FN4O6S/c1-21(2,29)7-6-16(27)15-11-32-19-17(33(30,31)25-15)10-26(3)18(19)20(28)24-13-4-5-14(22)12(8-13)9-23/h4-5,8,10,15-16,25,27,29H,11H2,1-3H3,(H,24,28)/t15-,16-/m0/s1. The van der Waals surface area contributed by atoms with E-state index in [1.54, 1.807) is 6.07 Å². The quantitative estimate of drug-likeness (QED) is 0.470. The molecule has 3 rings (SSSR count). The Labute approximate surface area is 189 Å². The number of aliphatic hydroxyl groups excluding tert-OH is 1. The number of aromatic nitrogens is 1. The molecule has 174 valence electrons. The lowest BCUT2D eigenvalue weighted by atomic mass is 10.1. The molecule has 1 amide bonds. The summed E-state index contributed by atoms with van der Waals surface area (Å²) in [5.74, 6) is 3.04. The highest BCUT2D eigenvalue weighted by Gasteiger charge is 2.36. The highest BCUT2D eigenvalue weighted by atomic mass is 32.2. The minimum absolute atomic E-state index is 0.123. The fourth-order valence-electron chi connectivity index (χ4n) is 3.03. The van der Waals surface area contributed by atoms with Crippen molar-refractivity contribution in [3.63, 3.8) is 0 Å². The number of ether oxygens (including phenoxy) is 1. The number of anilines is 1. The van der Waals surface area contributed by atoms with Crippen molar-refractivity contribution < 1.29 is 32.6 Å². The van der Waals surface area contributed by atoms with E-state index >= 15 is 0 Å². The van der Waals surface area contributed by atoms with Gasteiger partial charge in [0.2, 0.25) is 10.0 Å². The number of carbonyl (C=O) groups is 1. The Morgan fingerprint density at radius 3 is 2.79 bits per heavy atom. The van der Waals surface area contributed by atoms with Crippen LogP contribution in [0, 0.1) is 29.0 Å². The van der Waals surface area contributed by atoms with Crippen molar-refractivity contribution in [3.8, 4) is 23.7 Å². The number of amides is 1. The Morgan fingerprint density at radius 2 is 2.15 bits per heavy atom. The SMILES string of the molecule is Cn1cc2c(c1C(=O)Nc1ccc(F)c(C#N)c1)OC[C@@H]([C@@H](O)C#CC(C)(C)O)NS2(=O)=O. The van der Waals surface area contributed by atoms with Gasteiger partial charge in [0, 0.05) is 18.9 Å². The Hall–Kier alpha value is -3.42. The minimum atomic E-state index is -4.21. The molecule has 0 saturated heterocycles. The van der Waals surface area contributed by atoms with Crippen LogP contribution in [0.5, 0.6) is 5.75 Å². The number of fused-ring (bicyclic) bond motifs is 1. The number of nitrogens with one attached hydrogen (secondary N) is 2. The van der Waals surface area contributed by atoms with Gasteiger partial charge in [-0.2, -0.15) is 5.26 Å². The molecule has 0 saturated carbocycles. The number of aliphatic hydroxyl groups is 2. The number of hydrogen-bond acceptors (Lipinski definition) is 7. The van der Waals surface area contributed by atoms with Gasteiger partial charge in [0.05, 0.1) is 11.6 Å². The molecule has 33 heavy (non-hydrogen) atoms. The first-order chi connectivity index (χ1) is 15.3. The molecule has 1 aliphatic rings. The van der Waals surface area contributed by atoms with Gasteiger partial charge < -0.3 is 24.8 Å². The highest BCUT2D eigenvalue weighted by molar-refractivity contribution is 7.89. The Bertz CT molecular complexity index is 1310. The summed E-state index contributed by atoms with van der Waals surface area (Å²) in [4.78, 5) is 12.6. The number of nitriles is 1. The zero-order valence-electron chi connectivity index (χ0n) is 17.9. The van der Waals surface area contributed by atoms with E-state index in [4.69, 9.17) is 10.00 Å². The summed E-state index contributed by atoms with van der Waals surface area (Å²) in [5, 5.41) is 31.4. The largest absolute Gasteiger partial charge is 0.488 e. The normalized spacial score (nSPS) is 17.9. The van der Waals surface area contributed by atoms with Crippen molar-refractivity contribution in [1.29, 1.82) is 5.26 Å². The van der Waals surface area contributed by atoms with Gasteiger partial charge in [0.15, 0.2) is 11.4 Å². The number of hydrogen-bond donors (Lipinski definition) is 4. The Morgan fingerprint density at radius 1 is 1.45 bits per heavy atom. The number of nitrogens with zero attached hydrogens (tertiary/aromatic N) is 2. The van der Waals surface area contributed by atoms with Crippen LogP contribution >= 0.6 is 0 Å². The molecule has 0 unspecified atom stereocenters. The summed E-state index contributed by atoms with van der Waals surface area (Å²) >= 11 is 0. The third-order valence-corrected chi connectivity index (χ3v) is 6.06. The highest BCUT2D eigenvalue weighted by Crippen LogP contribution is 2.33. The van der Waals surface area contributed by atoms with Crippen molar-refractivity contribution >= 4 is 21.6 Å². The average molecular weight is 476 g/mol. The third-order valence-electron chi connectivity index (χ3n) is 4.57. The molecule has 1 aromatic carbocycles. The van der Waals surface area contributed by atoms with Gasteiger partial charge in [-0.15, -0.1) is 0 Å². The third kappa shape index (κ3) is 5.32. The van der Waals surface area contributed by atoms with E-state index in [0.717, 1.165) is 12.1 Å². The first-order valence-electron chi connectivity index (χ1n) is 9.61. The summed E-state index contributed by atoms with van der Waals surface area (Å²) in [6.07, 6.45) is -0.320. The summed E-state index contributed by atoms with van der Waals surface area (Å²) in [6.45, 7) is 2.46. The van der Waals surface area contributed by atoms with Crippen LogP contribution in [-0.2, 0) is 17.1 Å². The maximum atomic E-state index is 13.5. The molecule has 0 fully saturated rings. The molecule has 0 aliphatic carbocycles. The van der Waals surface area contributed by atoms with E-state index in [1.807, 2.05) is 0 Å². The summed E-state index contributed by atoms with van der Waals surface area (Å²) < 4.78 is 48.4. The summed E-state index contributed by atoms with van der Waals surface area (Å²) in [7, 11) is -2.77. The molecule has 0 bridgehead atoms. The summed E-state index contributed by atoms with van der Waals surface area (Å²) in [6, 6.07) is 3.90. The van der Waals surface area contributed by atoms with Crippen molar-refractivity contribution in [2.75, 3.05) is 11.9 Å². The number of sulfonamides is 1. The predicted octanol–water partition coefficient (Wildman–Crippen LogP) is 0.463. The van der Waals surface area contributed by atoms with E-state index in [2.05, 4.69) is 21.9 Å². The van der Waals surface area contributed by atoms with Gasteiger partial charge in [0.25, 0.3) is 5.91 Å². The first-order valence-corrected chi connectivity index (χ1v) is 11.1. The van der Waals surface area contributed by atoms with E-state index < -0.39 is 39.5 Å². The van der Waals surface area contributed by atoms with Crippen LogP contribution in [0.3, 0.4) is 0 Å². The molecular weight excluding hydrogens is 455 g/mol. The summed E-state index contributed by atoms with van der Waals surface area (Å²) in [5.41, 5.74) is -1.69. The van der Waals surface area contributed by atoms with Gasteiger partial charge in [-0.05, 0) is 32.0 Å². The zero-order valence-corrected chi connectivity index (χ0v) is 18.7. The fourth-order valence-corrected chi connectivity index (χ4v) is 4.44. The van der Waals surface area contributed by atoms with Crippen molar-refractivity contribution in [3.05, 3.63) is 41.5 Å². The molecule has 2 atom stereocenters. The van der Waals surface area contributed by atoms with Crippen LogP contribution < -0.4 is 14.8 Å². The molecule has 0 spiro atoms. The number of halogens is 1. The van der Waals surface area contributed by atoms with Gasteiger partial charge in [-0.1, -0.05) is 11.8 Å². The van der Waals surface area contributed by atoms with Crippen molar-refractivity contribution in [2.24, 2.45) is 7.05 Å². The molecule has 2 aromatic rings. The van der Waals surface area contributed by atoms with Crippen molar-refractivity contribution in [1.82, 2.24) is 9.29 Å². The number of benzene rings is 1. The number of rotatable bonds is 3. The molecule has 1 aromatic heterocycles. The average Bonchev–Trinajstić information content (AvgIpc) is 3.00. The molecule has 10 nitrogen and oxygen atoms in total. The van der Waals surface area contributed by atoms with E-state index in [1.165, 1.54) is 37.7 Å². The molecule has 1 aliphatic heterocycles. The van der Waals surface area contributed by atoms with Crippen molar-refractivity contribution in [2.45, 2.75) is 36.5 Å². The lowest BCUT2D eigenvalue weighted by Crippen LogP contribution is -2.45. The molecule has 0 radical (unpaired) electrons. The van der Waals surface area contributed by atoms with E-state index in [9.17, 15) is 27.8 Å². The lowest BCUT2D eigenvalue weighted by molar-refractivity contribution is 0.101. The van der Waals surface area contributed by atoms with Gasteiger partial charge in [-0.3, -0.25) is 4.79 Å². The molecule has 2 heterocycles. The number of carbonyl (C=O) groups excluding carboxylic acids is 1.